The van der Waals surface area contributed by atoms with Crippen LogP contribution in [0.3, 0.4) is 0 Å². The molecule has 4 aromatic carbocycles. The molecule has 0 aliphatic carbocycles. The highest BCUT2D eigenvalue weighted by atomic mass is 35.5. The average Bonchev–Trinajstić information content (AvgIpc) is 3.06. The Hall–Kier alpha value is -4.35. The molecule has 2 atom stereocenters. The highest BCUT2D eigenvalue weighted by Gasteiger charge is 2.36. The number of rotatable bonds is 13. The normalized spacial score (nSPS) is 13.0. The molecule has 0 aliphatic rings. The van der Waals surface area contributed by atoms with Crippen LogP contribution in [0.2, 0.25) is 5.02 Å². The summed E-state index contributed by atoms with van der Waals surface area (Å²) in [4.78, 5) is 29.4. The summed E-state index contributed by atoms with van der Waals surface area (Å²) in [7, 11) is -4.56. The Morgan fingerprint density at radius 1 is 0.872 bits per heavy atom. The van der Waals surface area contributed by atoms with Gasteiger partial charge < -0.3 is 10.2 Å². The quantitative estimate of drug-likeness (QED) is 0.163. The fraction of sp³-hybridized carbons (Fsp3) is 0.257. The van der Waals surface area contributed by atoms with E-state index in [1.807, 2.05) is 19.9 Å². The molecule has 4 rings (SSSR count). The number of amides is 2. The number of alkyl halides is 3. The number of benzene rings is 4. The van der Waals surface area contributed by atoms with Gasteiger partial charge in [-0.25, -0.2) is 8.42 Å². The lowest BCUT2D eigenvalue weighted by molar-refractivity contribution is -0.140. The first kappa shape index (κ1) is 35.5. The molecule has 0 spiro atoms. The molecule has 1 N–H and O–H groups in total. The van der Waals surface area contributed by atoms with Crippen molar-refractivity contribution in [3.63, 3.8) is 0 Å². The van der Waals surface area contributed by atoms with Crippen LogP contribution >= 0.6 is 11.6 Å². The molecular weight excluding hydrogens is 651 g/mol. The van der Waals surface area contributed by atoms with Crippen LogP contribution in [0.1, 0.15) is 37.0 Å². The summed E-state index contributed by atoms with van der Waals surface area (Å²) >= 11 is 6.49. The van der Waals surface area contributed by atoms with E-state index in [9.17, 15) is 31.2 Å². The largest absolute Gasteiger partial charge is 0.416 e. The topological polar surface area (TPSA) is 86.8 Å². The van der Waals surface area contributed by atoms with Crippen molar-refractivity contribution in [2.75, 3.05) is 10.8 Å². The molecule has 0 aromatic heterocycles. The SMILES string of the molecule is CC[C@@H](C)NC(=O)[C@@H](Cc1ccccc1)N(Cc1ccccc1Cl)C(=O)CN(c1cccc(C(F)(F)F)c1)S(=O)(=O)c1ccccc1. The van der Waals surface area contributed by atoms with Gasteiger partial charge >= 0.3 is 6.18 Å². The van der Waals surface area contributed by atoms with Gasteiger partial charge in [0, 0.05) is 24.0 Å². The van der Waals surface area contributed by atoms with Crippen LogP contribution in [0.4, 0.5) is 18.9 Å². The lowest BCUT2D eigenvalue weighted by Crippen LogP contribution is -2.54. The lowest BCUT2D eigenvalue weighted by atomic mass is 10.0. The Bertz CT molecular complexity index is 1770. The molecule has 0 bridgehead atoms. The van der Waals surface area contributed by atoms with Crippen LogP contribution in [-0.2, 0) is 38.8 Å². The van der Waals surface area contributed by atoms with Gasteiger partial charge in [-0.15, -0.1) is 0 Å². The second-order valence-electron chi connectivity index (χ2n) is 11.0. The number of hydrogen-bond donors (Lipinski definition) is 1. The first-order valence-corrected chi connectivity index (χ1v) is 16.7. The second kappa shape index (κ2) is 15.5. The number of carbonyl (C=O) groups excluding carboxylic acids is 2. The summed E-state index contributed by atoms with van der Waals surface area (Å²) < 4.78 is 69.9. The lowest BCUT2D eigenvalue weighted by Gasteiger charge is -2.34. The second-order valence-corrected chi connectivity index (χ2v) is 13.3. The molecule has 7 nitrogen and oxygen atoms in total. The maximum absolute atomic E-state index is 14.5. The molecule has 12 heteroatoms. The maximum atomic E-state index is 14.5. The molecule has 0 unspecified atom stereocenters. The van der Waals surface area contributed by atoms with Crippen molar-refractivity contribution >= 4 is 39.1 Å². The monoisotopic (exact) mass is 685 g/mol. The van der Waals surface area contributed by atoms with Gasteiger partial charge in [0.25, 0.3) is 10.0 Å². The van der Waals surface area contributed by atoms with Crippen molar-refractivity contribution in [3.8, 4) is 0 Å². The van der Waals surface area contributed by atoms with Crippen molar-refractivity contribution in [1.29, 1.82) is 0 Å². The minimum atomic E-state index is -4.77. The van der Waals surface area contributed by atoms with E-state index < -0.39 is 46.2 Å². The van der Waals surface area contributed by atoms with E-state index in [2.05, 4.69) is 5.32 Å². The standard InChI is InChI=1S/C35H35ClF3N3O4S/c1-3-25(2)40-34(44)32(21-26-13-6-4-7-14-26)41(23-27-15-10-11-20-31(27)36)33(43)24-42(47(45,46)30-18-8-5-9-19-30)29-17-12-16-28(22-29)35(37,38)39/h4-20,22,25,32H,3,21,23-24H2,1-2H3,(H,40,44)/t25-,32-/m1/s1. The summed E-state index contributed by atoms with van der Waals surface area (Å²) in [6.45, 7) is 2.64. The number of hydrogen-bond acceptors (Lipinski definition) is 4. The molecule has 2 amide bonds. The van der Waals surface area contributed by atoms with Gasteiger partial charge in [0.05, 0.1) is 16.1 Å². The van der Waals surface area contributed by atoms with Crippen molar-refractivity contribution in [3.05, 3.63) is 131 Å². The third kappa shape index (κ3) is 9.14. The Balaban J connectivity index is 1.85. The minimum Gasteiger partial charge on any atom is -0.352 e. The van der Waals surface area contributed by atoms with Crippen molar-refractivity contribution < 1.29 is 31.2 Å². The summed E-state index contributed by atoms with van der Waals surface area (Å²) in [6.07, 6.45) is -4.08. The first-order valence-electron chi connectivity index (χ1n) is 14.9. The maximum Gasteiger partial charge on any atom is 0.416 e. The van der Waals surface area contributed by atoms with Gasteiger partial charge in [0.15, 0.2) is 0 Å². The van der Waals surface area contributed by atoms with Crippen LogP contribution in [0.15, 0.2) is 114 Å². The summed E-state index contributed by atoms with van der Waals surface area (Å²) in [5.41, 5.74) is -0.217. The smallest absolute Gasteiger partial charge is 0.352 e. The third-order valence-corrected chi connectivity index (χ3v) is 9.80. The third-order valence-electron chi connectivity index (χ3n) is 7.64. The van der Waals surface area contributed by atoms with Crippen molar-refractivity contribution in [2.45, 2.75) is 56.4 Å². The Morgan fingerprint density at radius 3 is 2.11 bits per heavy atom. The number of halogens is 4. The van der Waals surface area contributed by atoms with Crippen LogP contribution in [0, 0.1) is 0 Å². The van der Waals surface area contributed by atoms with E-state index >= 15 is 0 Å². The predicted octanol–water partition coefficient (Wildman–Crippen LogP) is 7.11. The average molecular weight is 686 g/mol. The molecule has 0 saturated carbocycles. The van der Waals surface area contributed by atoms with E-state index in [0.29, 0.717) is 27.4 Å². The molecule has 0 aliphatic heterocycles. The summed E-state index contributed by atoms with van der Waals surface area (Å²) in [5.74, 6) is -1.29. The number of carbonyl (C=O) groups is 2. The van der Waals surface area contributed by atoms with Crippen molar-refractivity contribution in [2.24, 2.45) is 0 Å². The molecule has 4 aromatic rings. The van der Waals surface area contributed by atoms with Gasteiger partial charge in [0.2, 0.25) is 11.8 Å². The number of anilines is 1. The molecule has 0 radical (unpaired) electrons. The number of nitrogens with zero attached hydrogens (tertiary/aromatic N) is 2. The van der Waals surface area contributed by atoms with Crippen LogP contribution in [-0.4, -0.2) is 43.8 Å². The Labute approximate surface area is 278 Å². The summed E-state index contributed by atoms with van der Waals surface area (Å²) in [6, 6.07) is 25.2. The Morgan fingerprint density at radius 2 is 1.49 bits per heavy atom. The van der Waals surface area contributed by atoms with Gasteiger partial charge in [-0.1, -0.05) is 91.3 Å². The predicted molar refractivity (Wildman–Crippen MR) is 176 cm³/mol. The van der Waals surface area contributed by atoms with Gasteiger partial charge in [-0.3, -0.25) is 13.9 Å². The molecule has 248 valence electrons. The minimum absolute atomic E-state index is 0.0777. The van der Waals surface area contributed by atoms with Crippen molar-refractivity contribution in [1.82, 2.24) is 10.2 Å². The number of sulfonamides is 1. The fourth-order valence-electron chi connectivity index (χ4n) is 4.89. The van der Waals surface area contributed by atoms with Crippen LogP contribution in [0.25, 0.3) is 0 Å². The van der Waals surface area contributed by atoms with Gasteiger partial charge in [0.1, 0.15) is 12.6 Å². The molecule has 0 saturated heterocycles. The van der Waals surface area contributed by atoms with Crippen LogP contribution in [0.5, 0.6) is 0 Å². The highest BCUT2D eigenvalue weighted by molar-refractivity contribution is 7.92. The van der Waals surface area contributed by atoms with Gasteiger partial charge in [-0.05, 0) is 60.9 Å². The molecule has 0 fully saturated rings. The highest BCUT2D eigenvalue weighted by Crippen LogP contribution is 2.33. The molecule has 0 heterocycles. The zero-order valence-corrected chi connectivity index (χ0v) is 27.4. The number of nitrogens with one attached hydrogen (secondary N) is 1. The summed E-state index contributed by atoms with van der Waals surface area (Å²) in [5, 5.41) is 3.25. The zero-order valence-electron chi connectivity index (χ0n) is 25.8. The van der Waals surface area contributed by atoms with E-state index in [4.69, 9.17) is 11.6 Å². The molecule has 47 heavy (non-hydrogen) atoms. The zero-order chi connectivity index (χ0) is 34.2. The van der Waals surface area contributed by atoms with Crippen LogP contribution < -0.4 is 9.62 Å². The van der Waals surface area contributed by atoms with E-state index in [-0.39, 0.29) is 29.6 Å². The van der Waals surface area contributed by atoms with E-state index in [0.717, 1.165) is 17.7 Å². The van der Waals surface area contributed by atoms with E-state index in [1.54, 1.807) is 54.6 Å². The first-order chi connectivity index (χ1) is 22.3. The fourth-order valence-corrected chi connectivity index (χ4v) is 6.51. The molecular formula is C35H35ClF3N3O4S. The van der Waals surface area contributed by atoms with Gasteiger partial charge in [-0.2, -0.15) is 13.2 Å². The van der Waals surface area contributed by atoms with E-state index in [1.165, 1.54) is 35.2 Å². The Kier molecular flexibility index (Phi) is 11.7.